The molecule has 0 aliphatic carbocycles. The molecule has 1 aromatic rings. The summed E-state index contributed by atoms with van der Waals surface area (Å²) in [6, 6.07) is 1.51. The van der Waals surface area contributed by atoms with Crippen LogP contribution in [0.1, 0.15) is 6.42 Å². The molecule has 0 spiro atoms. The SMILES string of the molecule is O=C(O)CC1COCCN1C(=O)Nc1ccc(F)cc1F. The first-order valence-corrected chi connectivity index (χ1v) is 6.29. The number of carboxylic acids is 1. The van der Waals surface area contributed by atoms with Crippen molar-refractivity contribution in [1.29, 1.82) is 0 Å². The predicted molar refractivity (Wildman–Crippen MR) is 68.9 cm³/mol. The minimum atomic E-state index is -1.06. The van der Waals surface area contributed by atoms with Gasteiger partial charge in [-0.1, -0.05) is 0 Å². The Labute approximate surface area is 119 Å². The Kier molecular flexibility index (Phi) is 4.69. The molecule has 6 nitrogen and oxygen atoms in total. The van der Waals surface area contributed by atoms with Crippen molar-refractivity contribution >= 4 is 17.7 Å². The highest BCUT2D eigenvalue weighted by atomic mass is 19.1. The molecule has 1 aliphatic heterocycles. The van der Waals surface area contributed by atoms with Crippen molar-refractivity contribution in [1.82, 2.24) is 4.90 Å². The van der Waals surface area contributed by atoms with Gasteiger partial charge in [-0.2, -0.15) is 0 Å². The van der Waals surface area contributed by atoms with Gasteiger partial charge in [0, 0.05) is 12.6 Å². The molecule has 1 aromatic carbocycles. The summed E-state index contributed by atoms with van der Waals surface area (Å²) < 4.78 is 31.4. The van der Waals surface area contributed by atoms with Crippen LogP contribution in [0.4, 0.5) is 19.3 Å². The smallest absolute Gasteiger partial charge is 0.322 e. The van der Waals surface area contributed by atoms with Crippen LogP contribution in [0.25, 0.3) is 0 Å². The molecule has 114 valence electrons. The van der Waals surface area contributed by atoms with Crippen molar-refractivity contribution in [2.75, 3.05) is 25.1 Å². The van der Waals surface area contributed by atoms with Gasteiger partial charge in [-0.15, -0.1) is 0 Å². The highest BCUT2D eigenvalue weighted by Gasteiger charge is 2.29. The van der Waals surface area contributed by atoms with Crippen LogP contribution in [-0.4, -0.2) is 47.8 Å². The van der Waals surface area contributed by atoms with Crippen molar-refractivity contribution in [3.8, 4) is 0 Å². The second-order valence-electron chi connectivity index (χ2n) is 4.57. The fourth-order valence-corrected chi connectivity index (χ4v) is 2.07. The number of nitrogens with zero attached hydrogens (tertiary/aromatic N) is 1. The monoisotopic (exact) mass is 300 g/mol. The zero-order valence-corrected chi connectivity index (χ0v) is 11.0. The van der Waals surface area contributed by atoms with Gasteiger partial charge < -0.3 is 20.1 Å². The van der Waals surface area contributed by atoms with Gasteiger partial charge in [-0.05, 0) is 12.1 Å². The summed E-state index contributed by atoms with van der Waals surface area (Å²) >= 11 is 0. The Hall–Kier alpha value is -2.22. The first kappa shape index (κ1) is 15.2. The molecular formula is C13H14F2N2O4. The van der Waals surface area contributed by atoms with Crippen LogP contribution in [0.15, 0.2) is 18.2 Å². The fraction of sp³-hybridized carbons (Fsp3) is 0.385. The number of benzene rings is 1. The van der Waals surface area contributed by atoms with E-state index in [1.54, 1.807) is 0 Å². The average Bonchev–Trinajstić information content (AvgIpc) is 2.42. The summed E-state index contributed by atoms with van der Waals surface area (Å²) in [6.45, 7) is 0.577. The number of anilines is 1. The van der Waals surface area contributed by atoms with E-state index in [1.165, 1.54) is 4.90 Å². The van der Waals surface area contributed by atoms with Crippen molar-refractivity contribution in [3.63, 3.8) is 0 Å². The number of morpholine rings is 1. The fourth-order valence-electron chi connectivity index (χ4n) is 2.07. The molecule has 21 heavy (non-hydrogen) atoms. The molecule has 1 atom stereocenters. The Morgan fingerprint density at radius 1 is 1.43 bits per heavy atom. The van der Waals surface area contributed by atoms with Gasteiger partial charge >= 0.3 is 12.0 Å². The van der Waals surface area contributed by atoms with E-state index in [-0.39, 0.29) is 31.9 Å². The summed E-state index contributed by atoms with van der Waals surface area (Å²) in [5, 5.41) is 11.1. The molecule has 2 amide bonds. The first-order chi connectivity index (χ1) is 9.97. The summed E-state index contributed by atoms with van der Waals surface area (Å²) in [5.41, 5.74) is -0.165. The highest BCUT2D eigenvalue weighted by Crippen LogP contribution is 2.18. The minimum absolute atomic E-state index is 0.103. The number of aliphatic carboxylic acids is 1. The quantitative estimate of drug-likeness (QED) is 0.890. The Morgan fingerprint density at radius 2 is 2.19 bits per heavy atom. The number of hydrogen-bond acceptors (Lipinski definition) is 3. The van der Waals surface area contributed by atoms with E-state index in [1.807, 2.05) is 0 Å². The molecule has 0 aromatic heterocycles. The van der Waals surface area contributed by atoms with Crippen molar-refractivity contribution in [3.05, 3.63) is 29.8 Å². The number of carboxylic acid groups (broad SMARTS) is 1. The van der Waals surface area contributed by atoms with Gasteiger partial charge in [0.15, 0.2) is 0 Å². The molecule has 0 saturated carbocycles. The van der Waals surface area contributed by atoms with Gasteiger partial charge in [0.25, 0.3) is 0 Å². The lowest BCUT2D eigenvalue weighted by Gasteiger charge is -2.34. The maximum Gasteiger partial charge on any atom is 0.322 e. The molecular weight excluding hydrogens is 286 g/mol. The average molecular weight is 300 g/mol. The van der Waals surface area contributed by atoms with Crippen LogP contribution in [0.5, 0.6) is 0 Å². The van der Waals surface area contributed by atoms with E-state index in [0.29, 0.717) is 6.07 Å². The van der Waals surface area contributed by atoms with E-state index in [4.69, 9.17) is 9.84 Å². The topological polar surface area (TPSA) is 78.9 Å². The lowest BCUT2D eigenvalue weighted by Crippen LogP contribution is -2.51. The van der Waals surface area contributed by atoms with Crippen LogP contribution < -0.4 is 5.32 Å². The van der Waals surface area contributed by atoms with E-state index in [0.717, 1.165) is 12.1 Å². The third-order valence-corrected chi connectivity index (χ3v) is 3.07. The van der Waals surface area contributed by atoms with Crippen LogP contribution in [0.3, 0.4) is 0 Å². The van der Waals surface area contributed by atoms with Crippen molar-refractivity contribution < 1.29 is 28.2 Å². The van der Waals surface area contributed by atoms with Crippen LogP contribution in [-0.2, 0) is 9.53 Å². The lowest BCUT2D eigenvalue weighted by atomic mass is 10.1. The van der Waals surface area contributed by atoms with E-state index >= 15 is 0 Å². The lowest BCUT2D eigenvalue weighted by molar-refractivity contribution is -0.139. The number of urea groups is 1. The van der Waals surface area contributed by atoms with Gasteiger partial charge in [0.2, 0.25) is 0 Å². The minimum Gasteiger partial charge on any atom is -0.481 e. The normalized spacial score (nSPS) is 18.4. The molecule has 1 saturated heterocycles. The second-order valence-corrected chi connectivity index (χ2v) is 4.57. The Morgan fingerprint density at radius 3 is 2.86 bits per heavy atom. The number of amides is 2. The van der Waals surface area contributed by atoms with Crippen LogP contribution in [0, 0.1) is 11.6 Å². The van der Waals surface area contributed by atoms with E-state index in [2.05, 4.69) is 5.32 Å². The summed E-state index contributed by atoms with van der Waals surface area (Å²) in [4.78, 5) is 24.2. The molecule has 1 fully saturated rings. The molecule has 8 heteroatoms. The number of hydrogen-bond donors (Lipinski definition) is 2. The summed E-state index contributed by atoms with van der Waals surface area (Å²) in [6.07, 6.45) is -0.265. The zero-order chi connectivity index (χ0) is 15.4. The molecule has 1 aliphatic rings. The predicted octanol–water partition coefficient (Wildman–Crippen LogP) is 1.67. The Balaban J connectivity index is 2.08. The van der Waals surface area contributed by atoms with E-state index < -0.39 is 29.7 Å². The van der Waals surface area contributed by atoms with E-state index in [9.17, 15) is 18.4 Å². The van der Waals surface area contributed by atoms with Crippen LogP contribution in [0.2, 0.25) is 0 Å². The first-order valence-electron chi connectivity index (χ1n) is 6.29. The number of halogens is 2. The molecule has 2 rings (SSSR count). The van der Waals surface area contributed by atoms with Gasteiger partial charge in [-0.25, -0.2) is 13.6 Å². The molecule has 0 bridgehead atoms. The van der Waals surface area contributed by atoms with Crippen LogP contribution >= 0.6 is 0 Å². The number of ether oxygens (including phenoxy) is 1. The second kappa shape index (κ2) is 6.49. The summed E-state index contributed by atoms with van der Waals surface area (Å²) in [5.74, 6) is -2.71. The largest absolute Gasteiger partial charge is 0.481 e. The number of carbonyl (C=O) groups is 2. The number of rotatable bonds is 3. The molecule has 1 heterocycles. The van der Waals surface area contributed by atoms with Gasteiger partial charge in [0.05, 0.1) is 31.4 Å². The van der Waals surface area contributed by atoms with Crippen molar-refractivity contribution in [2.24, 2.45) is 0 Å². The third kappa shape index (κ3) is 3.88. The summed E-state index contributed by atoms with van der Waals surface area (Å²) in [7, 11) is 0. The molecule has 1 unspecified atom stereocenters. The standard InChI is InChI=1S/C13H14F2N2O4/c14-8-1-2-11(10(15)5-8)16-13(20)17-3-4-21-7-9(17)6-12(18)19/h1-2,5,9H,3-4,6-7H2,(H,16,20)(H,18,19). The van der Waals surface area contributed by atoms with Gasteiger partial charge in [-0.3, -0.25) is 4.79 Å². The number of carbonyl (C=O) groups excluding carboxylic acids is 1. The number of nitrogens with one attached hydrogen (secondary N) is 1. The molecule has 2 N–H and O–H groups in total. The van der Waals surface area contributed by atoms with Gasteiger partial charge in [0.1, 0.15) is 11.6 Å². The third-order valence-electron chi connectivity index (χ3n) is 3.07. The maximum atomic E-state index is 13.5. The highest BCUT2D eigenvalue weighted by molar-refractivity contribution is 5.90. The van der Waals surface area contributed by atoms with Crippen molar-refractivity contribution in [2.45, 2.75) is 12.5 Å². The Bertz CT molecular complexity index is 553. The molecule has 0 radical (unpaired) electrons. The maximum absolute atomic E-state index is 13.5. The zero-order valence-electron chi connectivity index (χ0n) is 11.0.